The number of nitrogens with zero attached hydrogens (tertiary/aromatic N) is 1. The van der Waals surface area contributed by atoms with Crippen LogP contribution in [-0.4, -0.2) is 5.16 Å². The Bertz CT molecular complexity index is 559. The lowest BCUT2D eigenvalue weighted by molar-refractivity contribution is 0.411. The van der Waals surface area contributed by atoms with Crippen LogP contribution in [0, 0.1) is 0 Å². The van der Waals surface area contributed by atoms with Gasteiger partial charge in [0.05, 0.1) is 11.3 Å². The molecular weight excluding hydrogens is 272 g/mol. The minimum atomic E-state index is 0.352. The molecule has 1 aromatic heterocycles. The summed E-state index contributed by atoms with van der Waals surface area (Å²) in [7, 11) is 0. The molecule has 20 heavy (non-hydrogen) atoms. The van der Waals surface area contributed by atoms with E-state index >= 15 is 0 Å². The molecule has 108 valence electrons. The van der Waals surface area contributed by atoms with Gasteiger partial charge in [-0.1, -0.05) is 61.6 Å². The monoisotopic (exact) mass is 292 g/mol. The Morgan fingerprint density at radius 1 is 1.20 bits per heavy atom. The Hall–Kier alpha value is -1.48. The topological polar surface area (TPSA) is 52.0 Å². The van der Waals surface area contributed by atoms with Crippen molar-refractivity contribution in [1.82, 2.24) is 5.16 Å². The van der Waals surface area contributed by atoms with Crippen LogP contribution in [0.3, 0.4) is 0 Å². The zero-order valence-corrected chi connectivity index (χ0v) is 12.8. The van der Waals surface area contributed by atoms with E-state index < -0.39 is 0 Å². The van der Waals surface area contributed by atoms with Crippen molar-refractivity contribution in [1.29, 1.82) is 0 Å². The number of rotatable bonds is 6. The molecule has 0 unspecified atom stereocenters. The summed E-state index contributed by atoms with van der Waals surface area (Å²) in [6.07, 6.45) is 4.38. The van der Waals surface area contributed by atoms with Crippen molar-refractivity contribution in [3.8, 4) is 11.1 Å². The van der Waals surface area contributed by atoms with E-state index in [0.29, 0.717) is 16.8 Å². The van der Waals surface area contributed by atoms with Crippen LogP contribution in [0.5, 0.6) is 0 Å². The van der Waals surface area contributed by atoms with Crippen molar-refractivity contribution in [3.05, 3.63) is 35.0 Å². The zero-order valence-electron chi connectivity index (χ0n) is 12.0. The molecule has 0 fully saturated rings. The Kier molecular flexibility index (Phi) is 5.07. The van der Waals surface area contributed by atoms with Gasteiger partial charge in [0.25, 0.3) is 0 Å². The van der Waals surface area contributed by atoms with Crippen LogP contribution in [0.1, 0.15) is 51.1 Å². The number of hydrogen-bond acceptors (Lipinski definition) is 3. The van der Waals surface area contributed by atoms with E-state index in [9.17, 15) is 0 Å². The molecular formula is C16H21ClN2O. The molecule has 0 radical (unpaired) electrons. The van der Waals surface area contributed by atoms with Crippen molar-refractivity contribution in [2.75, 3.05) is 5.73 Å². The van der Waals surface area contributed by atoms with Gasteiger partial charge in [-0.15, -0.1) is 0 Å². The van der Waals surface area contributed by atoms with Crippen LogP contribution in [0.2, 0.25) is 5.02 Å². The number of nitrogen functional groups attached to an aromatic ring is 1. The van der Waals surface area contributed by atoms with Crippen molar-refractivity contribution >= 4 is 17.5 Å². The van der Waals surface area contributed by atoms with E-state index in [1.165, 1.54) is 0 Å². The maximum atomic E-state index is 6.29. The normalized spacial score (nSPS) is 11.2. The highest BCUT2D eigenvalue weighted by Gasteiger charge is 2.23. The molecule has 0 aliphatic rings. The fourth-order valence-corrected chi connectivity index (χ4v) is 2.87. The van der Waals surface area contributed by atoms with Crippen molar-refractivity contribution in [3.63, 3.8) is 0 Å². The number of hydrogen-bond donors (Lipinski definition) is 1. The standard InChI is InChI=1S/C16H21ClN2O/c1-3-7-11(8-4-2)15-14(16(18)20-19-15)12-9-5-6-10-13(12)17/h5-6,9-11H,3-4,7-8,18H2,1-2H3. The number of halogens is 1. The van der Waals surface area contributed by atoms with Gasteiger partial charge < -0.3 is 10.3 Å². The number of nitrogens with two attached hydrogens (primary N) is 1. The van der Waals surface area contributed by atoms with E-state index in [0.717, 1.165) is 42.5 Å². The van der Waals surface area contributed by atoms with Crippen molar-refractivity contribution in [2.24, 2.45) is 0 Å². The zero-order chi connectivity index (χ0) is 14.5. The molecule has 1 heterocycles. The third-order valence-electron chi connectivity index (χ3n) is 3.55. The average molecular weight is 293 g/mol. The third kappa shape index (κ3) is 2.98. The fourth-order valence-electron chi connectivity index (χ4n) is 2.64. The molecule has 2 aromatic rings. The van der Waals surface area contributed by atoms with E-state index in [4.69, 9.17) is 21.9 Å². The maximum Gasteiger partial charge on any atom is 0.230 e. The van der Waals surface area contributed by atoms with E-state index in [1.807, 2.05) is 24.3 Å². The molecule has 0 saturated carbocycles. The first-order valence-corrected chi connectivity index (χ1v) is 7.56. The highest BCUT2D eigenvalue weighted by Crippen LogP contribution is 2.40. The lowest BCUT2D eigenvalue weighted by Crippen LogP contribution is -2.01. The van der Waals surface area contributed by atoms with Crippen LogP contribution in [0.15, 0.2) is 28.8 Å². The molecule has 0 bridgehead atoms. The van der Waals surface area contributed by atoms with E-state index in [-0.39, 0.29) is 0 Å². The molecule has 4 heteroatoms. The van der Waals surface area contributed by atoms with Gasteiger partial charge in [-0.2, -0.15) is 0 Å². The molecule has 0 saturated heterocycles. The van der Waals surface area contributed by atoms with Crippen molar-refractivity contribution in [2.45, 2.75) is 45.4 Å². The van der Waals surface area contributed by atoms with Gasteiger partial charge in [0, 0.05) is 16.5 Å². The Morgan fingerprint density at radius 3 is 2.45 bits per heavy atom. The first-order valence-electron chi connectivity index (χ1n) is 7.18. The largest absolute Gasteiger partial charge is 0.367 e. The molecule has 0 aliphatic carbocycles. The summed E-state index contributed by atoms with van der Waals surface area (Å²) < 4.78 is 5.25. The average Bonchev–Trinajstić information content (AvgIpc) is 2.81. The summed E-state index contributed by atoms with van der Waals surface area (Å²) >= 11 is 6.29. The second kappa shape index (κ2) is 6.80. The number of anilines is 1. The minimum Gasteiger partial charge on any atom is -0.367 e. The minimum absolute atomic E-state index is 0.352. The maximum absolute atomic E-state index is 6.29. The second-order valence-electron chi connectivity index (χ2n) is 5.06. The van der Waals surface area contributed by atoms with Gasteiger partial charge in [-0.05, 0) is 18.9 Å². The quantitative estimate of drug-likeness (QED) is 0.790. The second-order valence-corrected chi connectivity index (χ2v) is 5.47. The predicted octanol–water partition coefficient (Wildman–Crippen LogP) is 5.26. The Morgan fingerprint density at radius 2 is 1.85 bits per heavy atom. The van der Waals surface area contributed by atoms with Gasteiger partial charge >= 0.3 is 0 Å². The number of aromatic nitrogens is 1. The van der Waals surface area contributed by atoms with Crippen LogP contribution >= 0.6 is 11.6 Å². The highest BCUT2D eigenvalue weighted by molar-refractivity contribution is 6.33. The first kappa shape index (κ1) is 14.9. The number of benzene rings is 1. The summed E-state index contributed by atoms with van der Waals surface area (Å²) in [5.41, 5.74) is 8.69. The van der Waals surface area contributed by atoms with Crippen LogP contribution in [-0.2, 0) is 0 Å². The van der Waals surface area contributed by atoms with Gasteiger partial charge in [0.1, 0.15) is 0 Å². The van der Waals surface area contributed by atoms with Crippen LogP contribution in [0.25, 0.3) is 11.1 Å². The van der Waals surface area contributed by atoms with E-state index in [1.54, 1.807) is 0 Å². The van der Waals surface area contributed by atoms with Crippen LogP contribution in [0.4, 0.5) is 5.88 Å². The predicted molar refractivity (Wildman–Crippen MR) is 83.9 cm³/mol. The summed E-state index contributed by atoms with van der Waals surface area (Å²) in [6, 6.07) is 7.68. The smallest absolute Gasteiger partial charge is 0.230 e. The molecule has 3 nitrogen and oxygen atoms in total. The molecule has 0 atom stereocenters. The first-order chi connectivity index (χ1) is 9.69. The van der Waals surface area contributed by atoms with Gasteiger partial charge in [0.2, 0.25) is 5.88 Å². The van der Waals surface area contributed by atoms with Crippen LogP contribution < -0.4 is 5.73 Å². The van der Waals surface area contributed by atoms with Gasteiger partial charge in [0.15, 0.2) is 0 Å². The molecule has 2 rings (SSSR count). The SMILES string of the molecule is CCCC(CCC)c1noc(N)c1-c1ccccc1Cl. The van der Waals surface area contributed by atoms with E-state index in [2.05, 4.69) is 19.0 Å². The molecule has 2 N–H and O–H groups in total. The Balaban J connectivity index is 2.48. The molecule has 0 amide bonds. The third-order valence-corrected chi connectivity index (χ3v) is 3.88. The summed E-state index contributed by atoms with van der Waals surface area (Å²) in [5, 5.41) is 4.89. The van der Waals surface area contributed by atoms with Gasteiger partial charge in [-0.25, -0.2) is 0 Å². The summed E-state index contributed by atoms with van der Waals surface area (Å²) in [6.45, 7) is 4.36. The van der Waals surface area contributed by atoms with Crippen molar-refractivity contribution < 1.29 is 4.52 Å². The lowest BCUT2D eigenvalue weighted by atomic mass is 9.90. The fraction of sp³-hybridized carbons (Fsp3) is 0.438. The molecule has 1 aromatic carbocycles. The lowest BCUT2D eigenvalue weighted by Gasteiger charge is -2.14. The highest BCUT2D eigenvalue weighted by atomic mass is 35.5. The van der Waals surface area contributed by atoms with Gasteiger partial charge in [-0.3, -0.25) is 0 Å². The summed E-state index contributed by atoms with van der Waals surface area (Å²) in [5.74, 6) is 0.725. The Labute approximate surface area is 125 Å². The molecule has 0 aliphatic heterocycles. The molecule has 0 spiro atoms. The summed E-state index contributed by atoms with van der Waals surface area (Å²) in [4.78, 5) is 0.